The van der Waals surface area contributed by atoms with Gasteiger partial charge in [0, 0.05) is 5.69 Å². The molecule has 0 amide bonds. The predicted octanol–water partition coefficient (Wildman–Crippen LogP) is 2.87. The molecule has 0 unspecified atom stereocenters. The van der Waals surface area contributed by atoms with Crippen LogP contribution in [0.15, 0.2) is 16.7 Å². The molecule has 0 saturated heterocycles. The van der Waals surface area contributed by atoms with E-state index in [-0.39, 0.29) is 0 Å². The largest absolute Gasteiger partial charge is 0.334 e. The van der Waals surface area contributed by atoms with E-state index in [1.807, 2.05) is 26.0 Å². The normalized spacial score (nSPS) is 18.1. The molecule has 0 aromatic carbocycles. The van der Waals surface area contributed by atoms with E-state index in [1.54, 1.807) is 0 Å². The van der Waals surface area contributed by atoms with Crippen molar-refractivity contribution in [3.8, 4) is 11.5 Å². The Morgan fingerprint density at radius 1 is 1.10 bits per heavy atom. The zero-order valence-corrected chi connectivity index (χ0v) is 12.0. The zero-order chi connectivity index (χ0) is 14.2. The number of pyridine rings is 1. The Bertz CT molecular complexity index is 614. The van der Waals surface area contributed by atoms with E-state index in [0.717, 1.165) is 42.6 Å². The second-order valence-corrected chi connectivity index (χ2v) is 5.73. The molecule has 0 bridgehead atoms. The number of nitrogens with zero attached hydrogens (tertiary/aromatic N) is 3. The second kappa shape index (κ2) is 4.98. The summed E-state index contributed by atoms with van der Waals surface area (Å²) < 4.78 is 5.41. The Balaban J connectivity index is 1.93. The molecule has 0 atom stereocenters. The van der Waals surface area contributed by atoms with E-state index >= 15 is 0 Å². The first-order valence-corrected chi connectivity index (χ1v) is 7.16. The molecule has 1 saturated carbocycles. The molecule has 1 aliphatic rings. The molecule has 1 aliphatic carbocycles. The lowest BCUT2D eigenvalue weighted by molar-refractivity contribution is 0.275. The van der Waals surface area contributed by atoms with E-state index < -0.39 is 5.54 Å². The first-order chi connectivity index (χ1) is 9.58. The summed E-state index contributed by atoms with van der Waals surface area (Å²) in [6.07, 6.45) is 5.36. The van der Waals surface area contributed by atoms with Crippen LogP contribution in [0.4, 0.5) is 0 Å². The van der Waals surface area contributed by atoms with E-state index in [1.165, 1.54) is 6.42 Å². The average Bonchev–Trinajstić information content (AvgIpc) is 2.90. The molecule has 0 radical (unpaired) electrons. The number of nitrogens with two attached hydrogens (primary N) is 1. The van der Waals surface area contributed by atoms with Crippen molar-refractivity contribution in [1.29, 1.82) is 0 Å². The monoisotopic (exact) mass is 272 g/mol. The minimum Gasteiger partial charge on any atom is -0.334 e. The first kappa shape index (κ1) is 13.2. The maximum absolute atomic E-state index is 6.43. The molecule has 0 spiro atoms. The van der Waals surface area contributed by atoms with Gasteiger partial charge in [-0.1, -0.05) is 24.4 Å². The molecule has 0 aliphatic heterocycles. The third-order valence-electron chi connectivity index (χ3n) is 4.07. The van der Waals surface area contributed by atoms with Gasteiger partial charge in [-0.3, -0.25) is 4.98 Å². The van der Waals surface area contributed by atoms with Crippen LogP contribution >= 0.6 is 0 Å². The average molecular weight is 272 g/mol. The van der Waals surface area contributed by atoms with Crippen molar-refractivity contribution in [2.24, 2.45) is 5.73 Å². The SMILES string of the molecule is Cc1ccc(-c2nc(C3(N)CCCCC3)no2)c(C)n1. The zero-order valence-electron chi connectivity index (χ0n) is 12.0. The van der Waals surface area contributed by atoms with Crippen molar-refractivity contribution < 1.29 is 4.52 Å². The summed E-state index contributed by atoms with van der Waals surface area (Å²) in [5.41, 5.74) is 8.77. The lowest BCUT2D eigenvalue weighted by Gasteiger charge is -2.29. The Kier molecular flexibility index (Phi) is 3.30. The van der Waals surface area contributed by atoms with Gasteiger partial charge in [0.2, 0.25) is 0 Å². The Morgan fingerprint density at radius 2 is 1.85 bits per heavy atom. The summed E-state index contributed by atoms with van der Waals surface area (Å²) in [5, 5.41) is 4.11. The molecule has 2 aromatic heterocycles. The van der Waals surface area contributed by atoms with Gasteiger partial charge in [-0.25, -0.2) is 0 Å². The highest BCUT2D eigenvalue weighted by molar-refractivity contribution is 5.56. The fourth-order valence-electron chi connectivity index (χ4n) is 2.85. The Labute approximate surface area is 118 Å². The lowest BCUT2D eigenvalue weighted by Crippen LogP contribution is -2.39. The van der Waals surface area contributed by atoms with Crippen LogP contribution in [0.3, 0.4) is 0 Å². The van der Waals surface area contributed by atoms with Gasteiger partial charge in [0.25, 0.3) is 5.89 Å². The predicted molar refractivity (Wildman–Crippen MR) is 76.0 cm³/mol. The molecule has 2 aromatic rings. The van der Waals surface area contributed by atoms with Crippen molar-refractivity contribution in [3.63, 3.8) is 0 Å². The van der Waals surface area contributed by atoms with Crippen molar-refractivity contribution in [3.05, 3.63) is 29.3 Å². The van der Waals surface area contributed by atoms with Crippen LogP contribution in [0.1, 0.15) is 49.3 Å². The second-order valence-electron chi connectivity index (χ2n) is 5.73. The number of rotatable bonds is 2. The fraction of sp³-hybridized carbons (Fsp3) is 0.533. The first-order valence-electron chi connectivity index (χ1n) is 7.16. The number of aromatic nitrogens is 3. The summed E-state index contributed by atoms with van der Waals surface area (Å²) in [5.74, 6) is 1.15. The fourth-order valence-corrected chi connectivity index (χ4v) is 2.85. The third kappa shape index (κ3) is 2.33. The standard InChI is InChI=1S/C15H20N4O/c1-10-6-7-12(11(2)17-10)13-18-14(19-20-13)15(16)8-4-3-5-9-15/h6-7H,3-5,8-9,16H2,1-2H3. The summed E-state index contributed by atoms with van der Waals surface area (Å²) in [6.45, 7) is 3.91. The third-order valence-corrected chi connectivity index (χ3v) is 4.07. The van der Waals surface area contributed by atoms with E-state index in [4.69, 9.17) is 10.3 Å². The molecule has 1 fully saturated rings. The summed E-state index contributed by atoms with van der Waals surface area (Å²) in [4.78, 5) is 8.95. The molecule has 5 heteroatoms. The van der Waals surface area contributed by atoms with E-state index in [9.17, 15) is 0 Å². The Morgan fingerprint density at radius 3 is 2.55 bits per heavy atom. The quantitative estimate of drug-likeness (QED) is 0.909. The maximum Gasteiger partial charge on any atom is 0.259 e. The van der Waals surface area contributed by atoms with Gasteiger partial charge < -0.3 is 10.3 Å². The van der Waals surface area contributed by atoms with Crippen molar-refractivity contribution in [1.82, 2.24) is 15.1 Å². The Hall–Kier alpha value is -1.75. The smallest absolute Gasteiger partial charge is 0.259 e. The highest BCUT2D eigenvalue weighted by atomic mass is 16.5. The molecule has 2 heterocycles. The van der Waals surface area contributed by atoms with Crippen molar-refractivity contribution in [2.75, 3.05) is 0 Å². The molecule has 106 valence electrons. The molecule has 5 nitrogen and oxygen atoms in total. The molecule has 20 heavy (non-hydrogen) atoms. The minimum atomic E-state index is -0.425. The van der Waals surface area contributed by atoms with Crippen LogP contribution in [-0.4, -0.2) is 15.1 Å². The van der Waals surface area contributed by atoms with Crippen LogP contribution in [-0.2, 0) is 5.54 Å². The topological polar surface area (TPSA) is 77.8 Å². The highest BCUT2D eigenvalue weighted by Crippen LogP contribution is 2.34. The van der Waals surface area contributed by atoms with Crippen molar-refractivity contribution in [2.45, 2.75) is 51.5 Å². The maximum atomic E-state index is 6.43. The van der Waals surface area contributed by atoms with Crippen LogP contribution in [0.5, 0.6) is 0 Å². The van der Waals surface area contributed by atoms with Gasteiger partial charge in [-0.2, -0.15) is 4.98 Å². The summed E-state index contributed by atoms with van der Waals surface area (Å²) in [7, 11) is 0. The van der Waals surface area contributed by atoms with Gasteiger partial charge >= 0.3 is 0 Å². The van der Waals surface area contributed by atoms with Gasteiger partial charge in [0.05, 0.1) is 16.8 Å². The lowest BCUT2D eigenvalue weighted by atomic mass is 9.82. The minimum absolute atomic E-state index is 0.425. The molecule has 2 N–H and O–H groups in total. The van der Waals surface area contributed by atoms with Gasteiger partial charge in [0.15, 0.2) is 5.82 Å². The van der Waals surface area contributed by atoms with Gasteiger partial charge in [-0.15, -0.1) is 0 Å². The number of aryl methyl sites for hydroxylation is 2. The highest BCUT2D eigenvalue weighted by Gasteiger charge is 2.34. The summed E-state index contributed by atoms with van der Waals surface area (Å²) in [6, 6.07) is 3.92. The molecular weight excluding hydrogens is 252 g/mol. The molecule has 3 rings (SSSR count). The van der Waals surface area contributed by atoms with Gasteiger partial charge in [-0.05, 0) is 38.8 Å². The van der Waals surface area contributed by atoms with E-state index in [2.05, 4.69) is 15.1 Å². The van der Waals surface area contributed by atoms with Crippen molar-refractivity contribution >= 4 is 0 Å². The van der Waals surface area contributed by atoms with E-state index in [0.29, 0.717) is 11.7 Å². The molecular formula is C15H20N4O. The van der Waals surface area contributed by atoms with Crippen LogP contribution < -0.4 is 5.73 Å². The number of hydrogen-bond donors (Lipinski definition) is 1. The van der Waals surface area contributed by atoms with Gasteiger partial charge in [0.1, 0.15) is 0 Å². The van der Waals surface area contributed by atoms with Crippen LogP contribution in [0.25, 0.3) is 11.5 Å². The van der Waals surface area contributed by atoms with Crippen LogP contribution in [0.2, 0.25) is 0 Å². The summed E-state index contributed by atoms with van der Waals surface area (Å²) >= 11 is 0. The van der Waals surface area contributed by atoms with Crippen LogP contribution in [0, 0.1) is 13.8 Å². The number of hydrogen-bond acceptors (Lipinski definition) is 5.